The van der Waals surface area contributed by atoms with Crippen LogP contribution in [0.2, 0.25) is 0 Å². The first-order chi connectivity index (χ1) is 16.1. The largest absolute Gasteiger partial charge is 0.385 e. The molecule has 2 heterocycles. The van der Waals surface area contributed by atoms with E-state index in [0.29, 0.717) is 44.1 Å². The Labute approximate surface area is 204 Å². The predicted molar refractivity (Wildman–Crippen MR) is 140 cm³/mol. The zero-order chi connectivity index (χ0) is 25.8. The van der Waals surface area contributed by atoms with Crippen molar-refractivity contribution in [1.29, 1.82) is 0 Å². The van der Waals surface area contributed by atoms with E-state index in [2.05, 4.69) is 11.9 Å². The van der Waals surface area contributed by atoms with E-state index in [1.807, 2.05) is 36.6 Å². The third kappa shape index (κ3) is 8.86. The van der Waals surface area contributed by atoms with Crippen molar-refractivity contribution in [2.75, 3.05) is 26.2 Å². The Morgan fingerprint density at radius 2 is 1.38 bits per heavy atom. The average molecular weight is 476 g/mol. The van der Waals surface area contributed by atoms with Crippen molar-refractivity contribution in [1.82, 2.24) is 15.1 Å². The maximum absolute atomic E-state index is 13.3. The third-order valence-electron chi connectivity index (χ3n) is 5.50. The highest BCUT2D eigenvalue weighted by molar-refractivity contribution is 5.98. The summed E-state index contributed by atoms with van der Waals surface area (Å²) in [5, 5.41) is 2.83. The van der Waals surface area contributed by atoms with Gasteiger partial charge >= 0.3 is 0 Å². The first kappa shape index (κ1) is 29.2. The van der Waals surface area contributed by atoms with Crippen LogP contribution in [0.15, 0.2) is 59.9 Å². The Morgan fingerprint density at radius 3 is 1.82 bits per heavy atom. The highest BCUT2D eigenvalue weighted by atomic mass is 16.1. The van der Waals surface area contributed by atoms with Crippen molar-refractivity contribution >= 4 is 5.91 Å². The molecule has 0 aromatic rings. The van der Waals surface area contributed by atoms with E-state index in [-0.39, 0.29) is 35.6 Å². The molecule has 2 saturated heterocycles. The number of carbonyl (C=O) groups excluding carboxylic acids is 1. The molecule has 0 saturated carbocycles. The van der Waals surface area contributed by atoms with Crippen LogP contribution >= 0.6 is 0 Å². The number of hydrogen-bond acceptors (Lipinski definition) is 9. The number of nitrogens with one attached hydrogen (secondary N) is 1. The van der Waals surface area contributed by atoms with Crippen LogP contribution < -0.4 is 39.7 Å². The van der Waals surface area contributed by atoms with Crippen molar-refractivity contribution in [2.45, 2.75) is 57.8 Å². The molecular weight excluding hydrogens is 430 g/mol. The topological polar surface area (TPSA) is 192 Å². The molecule has 2 fully saturated rings. The van der Waals surface area contributed by atoms with Crippen LogP contribution in [0.4, 0.5) is 0 Å². The lowest BCUT2D eigenvalue weighted by atomic mass is 10.0. The molecule has 0 aliphatic carbocycles. The molecular formula is C24H45N9O. The van der Waals surface area contributed by atoms with Gasteiger partial charge in [-0.2, -0.15) is 0 Å². The number of piperidine rings is 2. The van der Waals surface area contributed by atoms with E-state index in [0.717, 1.165) is 6.42 Å². The van der Waals surface area contributed by atoms with Gasteiger partial charge in [0.2, 0.25) is 0 Å². The molecule has 1 amide bonds. The molecule has 4 atom stereocenters. The van der Waals surface area contributed by atoms with E-state index < -0.39 is 5.91 Å². The zero-order valence-electron chi connectivity index (χ0n) is 20.9. The minimum absolute atomic E-state index is 0.0986. The summed E-state index contributed by atoms with van der Waals surface area (Å²) >= 11 is 0. The van der Waals surface area contributed by atoms with E-state index in [9.17, 15) is 4.79 Å². The van der Waals surface area contributed by atoms with E-state index in [1.165, 1.54) is 0 Å². The van der Waals surface area contributed by atoms with E-state index in [1.54, 1.807) is 24.3 Å². The summed E-state index contributed by atoms with van der Waals surface area (Å²) in [5.74, 6) is 0.211. The Kier molecular flexibility index (Phi) is 12.4. The van der Waals surface area contributed by atoms with Crippen LogP contribution in [0, 0.1) is 0 Å². The number of nitrogens with zero attached hydrogens (tertiary/aromatic N) is 2. The van der Waals surface area contributed by atoms with Gasteiger partial charge in [0, 0.05) is 56.0 Å². The van der Waals surface area contributed by atoms with Crippen molar-refractivity contribution in [3.8, 4) is 0 Å². The van der Waals surface area contributed by atoms with Gasteiger partial charge in [-0.25, -0.2) is 0 Å². The van der Waals surface area contributed by atoms with Crippen LogP contribution in [0.25, 0.3) is 0 Å². The predicted octanol–water partition coefficient (Wildman–Crippen LogP) is -0.534. The van der Waals surface area contributed by atoms with Crippen molar-refractivity contribution < 1.29 is 4.79 Å². The number of nitrogens with two attached hydrogens (primary N) is 6. The molecule has 10 nitrogen and oxygen atoms in total. The SMILES string of the molecule is C=C/C(=C\C=C/C)NC(=O)C(/C=C(\N)N1CC(N)CC(N)C1)=C(/N)N1CC(N)CC(N)C1.CC. The molecule has 10 heteroatoms. The Hall–Kier alpha value is -2.79. The Balaban J connectivity index is 0.00000281. The number of hydrogen-bond donors (Lipinski definition) is 7. The lowest BCUT2D eigenvalue weighted by molar-refractivity contribution is -0.116. The standard InChI is InChI=1S/C22H39N9O.C2H6/c1-3-5-6-18(4-2)29-22(32)19(21(28)31-12-16(25)8-17(26)13-31)9-20(27)30-10-14(23)7-15(24)11-30;1-2/h3-6,9,14-17H,2,7-8,10-13,23-28H2,1H3,(H,29,32);1-2H3/b5-3-,18-6+,20-9+,21-19-;. The smallest absolute Gasteiger partial charge is 0.259 e. The molecule has 2 rings (SSSR count). The van der Waals surface area contributed by atoms with Gasteiger partial charge in [0.05, 0.1) is 11.4 Å². The maximum Gasteiger partial charge on any atom is 0.259 e. The number of carbonyl (C=O) groups is 1. The second kappa shape index (κ2) is 14.5. The van der Waals surface area contributed by atoms with Crippen LogP contribution in [-0.4, -0.2) is 66.1 Å². The van der Waals surface area contributed by atoms with Crippen molar-refractivity contribution in [3.05, 3.63) is 59.9 Å². The first-order valence-electron chi connectivity index (χ1n) is 11.9. The molecule has 34 heavy (non-hydrogen) atoms. The molecule has 0 aromatic carbocycles. The molecule has 0 aromatic heterocycles. The van der Waals surface area contributed by atoms with Gasteiger partial charge in [0.25, 0.3) is 5.91 Å². The van der Waals surface area contributed by atoms with Gasteiger partial charge < -0.3 is 49.5 Å². The lowest BCUT2D eigenvalue weighted by Gasteiger charge is -2.37. The van der Waals surface area contributed by atoms with Gasteiger partial charge in [-0.05, 0) is 38.0 Å². The number of allylic oxidation sites excluding steroid dienone is 4. The van der Waals surface area contributed by atoms with Gasteiger partial charge in [-0.15, -0.1) is 0 Å². The van der Waals surface area contributed by atoms with E-state index in [4.69, 9.17) is 34.4 Å². The lowest BCUT2D eigenvalue weighted by Crippen LogP contribution is -2.53. The Bertz CT molecular complexity index is 782. The van der Waals surface area contributed by atoms with Gasteiger partial charge in [0.15, 0.2) is 0 Å². The molecule has 0 radical (unpaired) electrons. The highest BCUT2D eigenvalue weighted by Crippen LogP contribution is 2.18. The van der Waals surface area contributed by atoms with Gasteiger partial charge in [-0.3, -0.25) is 4.79 Å². The fourth-order valence-electron chi connectivity index (χ4n) is 3.99. The second-order valence-corrected chi connectivity index (χ2v) is 8.50. The summed E-state index contributed by atoms with van der Waals surface area (Å²) in [7, 11) is 0. The van der Waals surface area contributed by atoms with Crippen LogP contribution in [0.1, 0.15) is 33.6 Å². The summed E-state index contributed by atoms with van der Waals surface area (Å²) in [6.45, 7) is 11.7. The maximum atomic E-state index is 13.3. The molecule has 2 aliphatic heterocycles. The first-order valence-corrected chi connectivity index (χ1v) is 11.9. The summed E-state index contributed by atoms with van der Waals surface area (Å²) < 4.78 is 0. The summed E-state index contributed by atoms with van der Waals surface area (Å²) in [6, 6.07) is -0.476. The molecule has 13 N–H and O–H groups in total. The van der Waals surface area contributed by atoms with Gasteiger partial charge in [-0.1, -0.05) is 32.6 Å². The normalized spacial score (nSPS) is 27.0. The highest BCUT2D eigenvalue weighted by Gasteiger charge is 2.28. The van der Waals surface area contributed by atoms with E-state index >= 15 is 0 Å². The fraction of sp³-hybridized carbons (Fsp3) is 0.542. The monoisotopic (exact) mass is 475 g/mol. The minimum atomic E-state index is -0.417. The summed E-state index contributed by atoms with van der Waals surface area (Å²) in [5.41, 5.74) is 38.0. The zero-order valence-corrected chi connectivity index (χ0v) is 20.9. The van der Waals surface area contributed by atoms with Crippen molar-refractivity contribution in [3.63, 3.8) is 0 Å². The number of amides is 1. The van der Waals surface area contributed by atoms with Crippen LogP contribution in [0.5, 0.6) is 0 Å². The van der Waals surface area contributed by atoms with Crippen LogP contribution in [-0.2, 0) is 4.79 Å². The summed E-state index contributed by atoms with van der Waals surface area (Å²) in [6.07, 6.45) is 9.91. The number of rotatable bonds is 7. The molecule has 4 unspecified atom stereocenters. The Morgan fingerprint density at radius 1 is 0.912 bits per heavy atom. The van der Waals surface area contributed by atoms with Crippen molar-refractivity contribution in [2.24, 2.45) is 34.4 Å². The second-order valence-electron chi connectivity index (χ2n) is 8.50. The minimum Gasteiger partial charge on any atom is -0.385 e. The van der Waals surface area contributed by atoms with Crippen LogP contribution in [0.3, 0.4) is 0 Å². The molecule has 0 bridgehead atoms. The summed E-state index contributed by atoms with van der Waals surface area (Å²) in [4.78, 5) is 17.0. The molecule has 192 valence electrons. The molecule has 2 aliphatic rings. The average Bonchev–Trinajstić information content (AvgIpc) is 2.79. The fourth-order valence-corrected chi connectivity index (χ4v) is 3.99. The third-order valence-corrected chi connectivity index (χ3v) is 5.50. The molecule has 0 spiro atoms. The number of likely N-dealkylation sites (tertiary alicyclic amines) is 2. The van der Waals surface area contributed by atoms with Gasteiger partial charge in [0.1, 0.15) is 5.82 Å². The quantitative estimate of drug-likeness (QED) is 0.187.